The highest BCUT2D eigenvalue weighted by molar-refractivity contribution is 7.80. The van der Waals surface area contributed by atoms with Crippen LogP contribution in [0.5, 0.6) is 11.5 Å². The Kier molecular flexibility index (Phi) is 9.25. The minimum atomic E-state index is -0.478. The van der Waals surface area contributed by atoms with E-state index in [0.717, 1.165) is 11.1 Å². The molecule has 0 bridgehead atoms. The van der Waals surface area contributed by atoms with Crippen LogP contribution >= 0.6 is 23.8 Å². The monoisotopic (exact) mass is 497 g/mol. The third kappa shape index (κ3) is 7.75. The summed E-state index contributed by atoms with van der Waals surface area (Å²) < 4.78 is 11.2. The molecule has 3 aromatic rings. The number of hydrazine groups is 1. The topological polar surface area (TPSA) is 88.7 Å². The third-order valence-electron chi connectivity index (χ3n) is 4.66. The van der Waals surface area contributed by atoms with E-state index < -0.39 is 11.8 Å². The number of para-hydroxylation sites is 1. The first-order valence-electron chi connectivity index (χ1n) is 10.5. The number of hydrogen-bond donors (Lipinski definition) is 3. The Morgan fingerprint density at radius 1 is 0.941 bits per heavy atom. The molecule has 0 spiro atoms. The van der Waals surface area contributed by atoms with Gasteiger partial charge in [-0.25, -0.2) is 0 Å². The van der Waals surface area contributed by atoms with Gasteiger partial charge in [-0.3, -0.25) is 25.8 Å². The van der Waals surface area contributed by atoms with Gasteiger partial charge in [-0.05, 0) is 60.6 Å². The largest absolute Gasteiger partial charge is 0.492 e. The van der Waals surface area contributed by atoms with Crippen molar-refractivity contribution >= 4 is 40.7 Å². The van der Waals surface area contributed by atoms with Crippen molar-refractivity contribution in [3.63, 3.8) is 0 Å². The van der Waals surface area contributed by atoms with Crippen LogP contribution in [-0.2, 0) is 11.2 Å². The van der Waals surface area contributed by atoms with Gasteiger partial charge < -0.3 is 9.47 Å². The van der Waals surface area contributed by atoms with Gasteiger partial charge in [0.1, 0.15) is 11.5 Å². The first-order valence-corrected chi connectivity index (χ1v) is 11.3. The lowest BCUT2D eigenvalue weighted by Crippen LogP contribution is -2.49. The second kappa shape index (κ2) is 12.6. The lowest BCUT2D eigenvalue weighted by molar-refractivity contribution is -0.123. The third-order valence-corrected chi connectivity index (χ3v) is 5.29. The van der Waals surface area contributed by atoms with Crippen LogP contribution in [0.15, 0.2) is 72.8 Å². The summed E-state index contributed by atoms with van der Waals surface area (Å²) in [6.07, 6.45) is 0.709. The summed E-state index contributed by atoms with van der Waals surface area (Å²) in [5, 5.41) is 3.06. The molecule has 0 saturated heterocycles. The molecular formula is C25H24ClN3O4S. The zero-order valence-corrected chi connectivity index (χ0v) is 20.0. The van der Waals surface area contributed by atoms with Crippen LogP contribution in [0.3, 0.4) is 0 Å². The highest BCUT2D eigenvalue weighted by Gasteiger charge is 2.14. The Hall–Kier alpha value is -3.62. The molecule has 3 N–H and O–H groups in total. The molecule has 0 heterocycles. The van der Waals surface area contributed by atoms with E-state index in [-0.39, 0.29) is 11.7 Å². The maximum absolute atomic E-state index is 12.7. The summed E-state index contributed by atoms with van der Waals surface area (Å²) in [4.78, 5) is 24.7. The summed E-state index contributed by atoms with van der Waals surface area (Å²) in [6, 6.07) is 21.9. The maximum atomic E-state index is 12.7. The molecule has 7 nitrogen and oxygen atoms in total. The smallest absolute Gasteiger partial charge is 0.276 e. The van der Waals surface area contributed by atoms with Crippen molar-refractivity contribution < 1.29 is 19.1 Å². The van der Waals surface area contributed by atoms with Gasteiger partial charge in [0.2, 0.25) is 0 Å². The normalized spacial score (nSPS) is 10.2. The average Bonchev–Trinajstić information content (AvgIpc) is 2.84. The number of nitrogens with one attached hydrogen (secondary N) is 3. The van der Waals surface area contributed by atoms with Gasteiger partial charge in [0.25, 0.3) is 11.8 Å². The zero-order valence-electron chi connectivity index (χ0n) is 18.5. The van der Waals surface area contributed by atoms with Crippen molar-refractivity contribution in [3.8, 4) is 11.5 Å². The molecule has 0 atom stereocenters. The lowest BCUT2D eigenvalue weighted by Gasteiger charge is -2.14. The van der Waals surface area contributed by atoms with E-state index in [4.69, 9.17) is 33.3 Å². The molecule has 0 aliphatic heterocycles. The zero-order chi connectivity index (χ0) is 24.3. The van der Waals surface area contributed by atoms with E-state index in [2.05, 4.69) is 16.2 Å². The minimum Gasteiger partial charge on any atom is -0.492 e. The second-order valence-corrected chi connectivity index (χ2v) is 8.05. The van der Waals surface area contributed by atoms with Crippen LogP contribution in [0.2, 0.25) is 5.02 Å². The van der Waals surface area contributed by atoms with Crippen molar-refractivity contribution in [2.45, 2.75) is 13.3 Å². The SMILES string of the molecule is Cc1cc(OCC(=O)NNC(=S)NC(=O)c2ccccc2OCCc2ccccc2)ccc1Cl. The Morgan fingerprint density at radius 3 is 2.44 bits per heavy atom. The lowest BCUT2D eigenvalue weighted by atomic mass is 10.1. The number of carbonyl (C=O) groups excluding carboxylic acids is 2. The van der Waals surface area contributed by atoms with Crippen LogP contribution in [0.25, 0.3) is 0 Å². The van der Waals surface area contributed by atoms with E-state index in [1.54, 1.807) is 42.5 Å². The van der Waals surface area contributed by atoms with Crippen molar-refractivity contribution in [2.24, 2.45) is 0 Å². The molecule has 0 saturated carbocycles. The number of halogens is 1. The van der Waals surface area contributed by atoms with E-state index >= 15 is 0 Å². The molecule has 0 aromatic heterocycles. The second-order valence-electron chi connectivity index (χ2n) is 7.24. The number of aryl methyl sites for hydroxylation is 1. The molecule has 34 heavy (non-hydrogen) atoms. The molecule has 0 unspecified atom stereocenters. The Labute approximate surface area is 208 Å². The van der Waals surface area contributed by atoms with Gasteiger partial charge in [-0.1, -0.05) is 54.1 Å². The number of amides is 2. The average molecular weight is 498 g/mol. The summed E-state index contributed by atoms with van der Waals surface area (Å²) in [5.41, 5.74) is 7.16. The highest BCUT2D eigenvalue weighted by Crippen LogP contribution is 2.21. The molecular weight excluding hydrogens is 474 g/mol. The number of hydrogen-bond acceptors (Lipinski definition) is 5. The number of carbonyl (C=O) groups is 2. The maximum Gasteiger partial charge on any atom is 0.276 e. The standard InChI is InChI=1S/C25H24ClN3O4S/c1-17-15-19(11-12-21(17)26)33-16-23(30)28-29-25(34)27-24(31)20-9-5-6-10-22(20)32-14-13-18-7-3-2-4-8-18/h2-12,15H,13-14,16H2,1H3,(H,28,30)(H2,27,29,31,34). The van der Waals surface area contributed by atoms with Gasteiger partial charge in [0.05, 0.1) is 12.2 Å². The fourth-order valence-electron chi connectivity index (χ4n) is 2.92. The molecule has 0 aliphatic rings. The summed E-state index contributed by atoms with van der Waals surface area (Å²) in [6.45, 7) is 2.01. The van der Waals surface area contributed by atoms with Crippen molar-refractivity contribution in [3.05, 3.63) is 94.5 Å². The predicted molar refractivity (Wildman–Crippen MR) is 135 cm³/mol. The van der Waals surface area contributed by atoms with Gasteiger partial charge in [-0.2, -0.15) is 0 Å². The van der Waals surface area contributed by atoms with E-state index in [1.807, 2.05) is 37.3 Å². The van der Waals surface area contributed by atoms with Gasteiger partial charge in [0, 0.05) is 11.4 Å². The fourth-order valence-corrected chi connectivity index (χ4v) is 3.18. The van der Waals surface area contributed by atoms with Crippen molar-refractivity contribution in [2.75, 3.05) is 13.2 Å². The number of thiocarbonyl (C=S) groups is 1. The molecule has 0 radical (unpaired) electrons. The van der Waals surface area contributed by atoms with Crippen molar-refractivity contribution in [1.82, 2.24) is 16.2 Å². The van der Waals surface area contributed by atoms with Crippen LogP contribution in [0.1, 0.15) is 21.5 Å². The quantitative estimate of drug-likeness (QED) is 0.322. The van der Waals surface area contributed by atoms with Gasteiger partial charge in [0.15, 0.2) is 11.7 Å². The van der Waals surface area contributed by atoms with E-state index in [1.165, 1.54) is 0 Å². The van der Waals surface area contributed by atoms with E-state index in [0.29, 0.717) is 35.1 Å². The summed E-state index contributed by atoms with van der Waals surface area (Å²) in [7, 11) is 0. The molecule has 0 fully saturated rings. The Bertz CT molecular complexity index is 1160. The van der Waals surface area contributed by atoms with Crippen molar-refractivity contribution in [1.29, 1.82) is 0 Å². The first kappa shape index (κ1) is 25.0. The van der Waals surface area contributed by atoms with Crippen LogP contribution in [0, 0.1) is 6.92 Å². The number of ether oxygens (including phenoxy) is 2. The fraction of sp³-hybridized carbons (Fsp3) is 0.160. The van der Waals surface area contributed by atoms with Crippen LogP contribution < -0.4 is 25.6 Å². The molecule has 9 heteroatoms. The Balaban J connectivity index is 1.44. The number of benzene rings is 3. The van der Waals surface area contributed by atoms with Gasteiger partial charge >= 0.3 is 0 Å². The molecule has 2 amide bonds. The molecule has 3 rings (SSSR count). The molecule has 0 aliphatic carbocycles. The summed E-state index contributed by atoms with van der Waals surface area (Å²) >= 11 is 11.1. The highest BCUT2D eigenvalue weighted by atomic mass is 35.5. The van der Waals surface area contributed by atoms with Crippen LogP contribution in [-0.4, -0.2) is 30.1 Å². The van der Waals surface area contributed by atoms with E-state index in [9.17, 15) is 9.59 Å². The minimum absolute atomic E-state index is 0.0697. The number of rotatable bonds is 8. The first-order chi connectivity index (χ1) is 16.4. The molecule has 176 valence electrons. The Morgan fingerprint density at radius 2 is 1.68 bits per heavy atom. The van der Waals surface area contributed by atoms with Crippen LogP contribution in [0.4, 0.5) is 0 Å². The predicted octanol–water partition coefficient (Wildman–Crippen LogP) is 3.98. The molecule has 3 aromatic carbocycles. The summed E-state index contributed by atoms with van der Waals surface area (Å²) in [5.74, 6) is 0.00928. The van der Waals surface area contributed by atoms with Gasteiger partial charge in [-0.15, -0.1) is 0 Å².